The van der Waals surface area contributed by atoms with Gasteiger partial charge in [0.1, 0.15) is 6.33 Å². The van der Waals surface area contributed by atoms with Crippen molar-refractivity contribution in [2.24, 2.45) is 0 Å². The summed E-state index contributed by atoms with van der Waals surface area (Å²) in [6.07, 6.45) is 4.58. The van der Waals surface area contributed by atoms with Gasteiger partial charge >= 0.3 is 0 Å². The van der Waals surface area contributed by atoms with Crippen molar-refractivity contribution in [3.8, 4) is 5.69 Å². The molecule has 0 unspecified atom stereocenters. The van der Waals surface area contributed by atoms with Crippen LogP contribution in [0.3, 0.4) is 0 Å². The third-order valence-corrected chi connectivity index (χ3v) is 3.53. The zero-order valence-corrected chi connectivity index (χ0v) is 14.0. The number of rotatable bonds is 8. The number of aromatic nitrogens is 4. The molecule has 1 aromatic carbocycles. The van der Waals surface area contributed by atoms with Crippen molar-refractivity contribution < 1.29 is 9.59 Å². The van der Waals surface area contributed by atoms with E-state index in [2.05, 4.69) is 26.2 Å². The number of nitrogens with one attached hydrogen (secondary N) is 2. The smallest absolute Gasteiger partial charge is 0.224 e. The van der Waals surface area contributed by atoms with Gasteiger partial charge in [-0.25, -0.2) is 4.68 Å². The Morgan fingerprint density at radius 1 is 1.21 bits per heavy atom. The van der Waals surface area contributed by atoms with Gasteiger partial charge in [-0.3, -0.25) is 9.59 Å². The molecule has 0 saturated heterocycles. The first-order valence-corrected chi connectivity index (χ1v) is 7.94. The lowest BCUT2D eigenvalue weighted by Crippen LogP contribution is -2.20. The van der Waals surface area contributed by atoms with Gasteiger partial charge in [-0.2, -0.15) is 0 Å². The van der Waals surface area contributed by atoms with Gasteiger partial charge in [-0.1, -0.05) is 6.42 Å². The fourth-order valence-electron chi connectivity index (χ4n) is 2.34. The summed E-state index contributed by atoms with van der Waals surface area (Å²) in [5.74, 6) is -0.0302. The highest BCUT2D eigenvalue weighted by molar-refractivity contribution is 5.90. The van der Waals surface area contributed by atoms with Gasteiger partial charge in [0, 0.05) is 25.6 Å². The van der Waals surface area contributed by atoms with Gasteiger partial charge in [0.05, 0.1) is 5.69 Å². The molecule has 2 N–H and O–H groups in total. The van der Waals surface area contributed by atoms with Gasteiger partial charge in [0.25, 0.3) is 0 Å². The molecule has 0 aliphatic heterocycles. The van der Waals surface area contributed by atoms with Crippen molar-refractivity contribution in [3.05, 3.63) is 30.1 Å². The van der Waals surface area contributed by atoms with Gasteiger partial charge in [-0.15, -0.1) is 5.10 Å². The largest absolute Gasteiger partial charge is 0.356 e. The molecule has 1 aromatic heterocycles. The van der Waals surface area contributed by atoms with E-state index < -0.39 is 0 Å². The number of anilines is 1. The Bertz CT molecular complexity index is 684. The quantitative estimate of drug-likeness (QED) is 0.716. The fraction of sp³-hybridized carbons (Fsp3) is 0.438. The van der Waals surface area contributed by atoms with Crippen molar-refractivity contribution >= 4 is 17.5 Å². The molecule has 2 rings (SSSR count). The molecular weight excluding hydrogens is 308 g/mol. The van der Waals surface area contributed by atoms with Crippen molar-refractivity contribution in [2.75, 3.05) is 11.9 Å². The predicted octanol–water partition coefficient (Wildman–Crippen LogP) is 1.61. The van der Waals surface area contributed by atoms with E-state index in [9.17, 15) is 9.59 Å². The number of nitrogens with zero attached hydrogens (tertiary/aromatic N) is 4. The number of tetrazole rings is 1. The number of amides is 2. The van der Waals surface area contributed by atoms with E-state index in [1.165, 1.54) is 13.3 Å². The molecule has 2 amide bonds. The maximum absolute atomic E-state index is 12.0. The minimum absolute atomic E-state index is 0.0101. The number of hydrogen-bond donors (Lipinski definition) is 2. The summed E-state index contributed by atoms with van der Waals surface area (Å²) in [4.78, 5) is 22.7. The average molecular weight is 330 g/mol. The molecular formula is C16H22N6O2. The number of aryl methyl sites for hydroxylation is 1. The normalized spacial score (nSPS) is 10.4. The molecule has 8 heteroatoms. The van der Waals surface area contributed by atoms with E-state index in [0.717, 1.165) is 36.2 Å². The van der Waals surface area contributed by atoms with Crippen molar-refractivity contribution in [1.82, 2.24) is 25.5 Å². The zero-order valence-electron chi connectivity index (χ0n) is 14.0. The molecule has 0 aliphatic rings. The molecule has 0 atom stereocenters. The number of hydrogen-bond acceptors (Lipinski definition) is 5. The molecule has 2 aromatic rings. The second kappa shape index (κ2) is 8.76. The summed E-state index contributed by atoms with van der Waals surface area (Å²) in [6.45, 7) is 4.10. The van der Waals surface area contributed by atoms with Gasteiger partial charge < -0.3 is 10.6 Å². The average Bonchev–Trinajstić information content (AvgIpc) is 3.04. The van der Waals surface area contributed by atoms with Crippen LogP contribution in [-0.4, -0.2) is 38.6 Å². The van der Waals surface area contributed by atoms with Crippen LogP contribution in [0.4, 0.5) is 5.69 Å². The zero-order chi connectivity index (χ0) is 17.4. The highest BCUT2D eigenvalue weighted by Gasteiger charge is 2.06. The Hall–Kier alpha value is -2.77. The van der Waals surface area contributed by atoms with E-state index in [1.807, 2.05) is 25.1 Å². The lowest BCUT2D eigenvalue weighted by Gasteiger charge is -2.09. The second-order valence-electron chi connectivity index (χ2n) is 5.60. The number of carbonyl (C=O) groups excluding carboxylic acids is 2. The van der Waals surface area contributed by atoms with Crippen LogP contribution in [0.15, 0.2) is 24.5 Å². The highest BCUT2D eigenvalue weighted by atomic mass is 16.2. The first kappa shape index (κ1) is 17.6. The number of carbonyl (C=O) groups is 2. The Labute approximate surface area is 140 Å². The molecule has 0 bridgehead atoms. The third-order valence-electron chi connectivity index (χ3n) is 3.53. The van der Waals surface area contributed by atoms with Crippen molar-refractivity contribution in [3.63, 3.8) is 0 Å². The molecule has 0 saturated carbocycles. The van der Waals surface area contributed by atoms with Crippen LogP contribution < -0.4 is 10.6 Å². The summed E-state index contributed by atoms with van der Waals surface area (Å²) >= 11 is 0. The van der Waals surface area contributed by atoms with Crippen LogP contribution in [0.5, 0.6) is 0 Å². The molecule has 0 fully saturated rings. The SMILES string of the molecule is CC(=O)NCCCCCC(=O)Nc1ccc(-n2cnnn2)c(C)c1. The maximum atomic E-state index is 12.0. The van der Waals surface area contributed by atoms with Gasteiger partial charge in [0.2, 0.25) is 11.8 Å². The minimum atomic E-state index is -0.0202. The van der Waals surface area contributed by atoms with E-state index in [1.54, 1.807) is 4.68 Å². The van der Waals surface area contributed by atoms with E-state index in [-0.39, 0.29) is 11.8 Å². The predicted molar refractivity (Wildman–Crippen MR) is 89.7 cm³/mol. The Morgan fingerprint density at radius 2 is 2.04 bits per heavy atom. The Morgan fingerprint density at radius 3 is 2.71 bits per heavy atom. The Balaban J connectivity index is 1.76. The standard InChI is InChI=1S/C16H22N6O2/c1-12-10-14(7-8-15(12)22-11-18-20-21-22)19-16(24)6-4-3-5-9-17-13(2)23/h7-8,10-11H,3-6,9H2,1-2H3,(H,17,23)(H,19,24). The van der Waals surface area contributed by atoms with Gasteiger partial charge in [0.15, 0.2) is 0 Å². The van der Waals surface area contributed by atoms with Crippen LogP contribution in [0, 0.1) is 6.92 Å². The first-order valence-electron chi connectivity index (χ1n) is 7.94. The molecule has 24 heavy (non-hydrogen) atoms. The number of benzene rings is 1. The first-order chi connectivity index (χ1) is 11.6. The molecule has 0 aliphatic carbocycles. The van der Waals surface area contributed by atoms with E-state index in [4.69, 9.17) is 0 Å². The van der Waals surface area contributed by atoms with Crippen LogP contribution in [0.25, 0.3) is 5.69 Å². The van der Waals surface area contributed by atoms with Crippen molar-refractivity contribution in [2.45, 2.75) is 39.5 Å². The summed E-state index contributed by atoms with van der Waals surface area (Å²) in [5.41, 5.74) is 2.60. The van der Waals surface area contributed by atoms with Crippen LogP contribution in [0.2, 0.25) is 0 Å². The third kappa shape index (κ3) is 5.45. The lowest BCUT2D eigenvalue weighted by atomic mass is 10.1. The second-order valence-corrected chi connectivity index (χ2v) is 5.60. The molecule has 128 valence electrons. The Kier molecular flexibility index (Phi) is 6.41. The summed E-state index contributed by atoms with van der Waals surface area (Å²) in [6, 6.07) is 5.60. The van der Waals surface area contributed by atoms with Crippen molar-refractivity contribution in [1.29, 1.82) is 0 Å². The molecule has 1 heterocycles. The molecule has 8 nitrogen and oxygen atoms in total. The summed E-state index contributed by atoms with van der Waals surface area (Å²) in [7, 11) is 0. The van der Waals surface area contributed by atoms with E-state index in [0.29, 0.717) is 13.0 Å². The van der Waals surface area contributed by atoms with Crippen LogP contribution in [0.1, 0.15) is 38.2 Å². The maximum Gasteiger partial charge on any atom is 0.224 e. The molecule has 0 radical (unpaired) electrons. The monoisotopic (exact) mass is 330 g/mol. The van der Waals surface area contributed by atoms with Gasteiger partial charge in [-0.05, 0) is 54.0 Å². The highest BCUT2D eigenvalue weighted by Crippen LogP contribution is 2.18. The lowest BCUT2D eigenvalue weighted by molar-refractivity contribution is -0.119. The topological polar surface area (TPSA) is 102 Å². The minimum Gasteiger partial charge on any atom is -0.356 e. The fourth-order valence-corrected chi connectivity index (χ4v) is 2.34. The summed E-state index contributed by atoms with van der Waals surface area (Å²) in [5, 5.41) is 16.7. The molecule has 0 spiro atoms. The summed E-state index contributed by atoms with van der Waals surface area (Å²) < 4.78 is 1.58. The van der Waals surface area contributed by atoms with E-state index >= 15 is 0 Å². The van der Waals surface area contributed by atoms with Crippen LogP contribution >= 0.6 is 0 Å². The van der Waals surface area contributed by atoms with Crippen LogP contribution in [-0.2, 0) is 9.59 Å². The number of unbranched alkanes of at least 4 members (excludes halogenated alkanes) is 2.